The van der Waals surface area contributed by atoms with Crippen molar-refractivity contribution < 1.29 is 4.79 Å². The average molecular weight is 235 g/mol. The molecule has 0 radical (unpaired) electrons. The maximum absolute atomic E-state index is 10.8. The number of amides is 1. The SMILES string of the molecule is CC(=O)NSn1nnnc1-c1ccccc1. The molecular weight excluding hydrogens is 226 g/mol. The summed E-state index contributed by atoms with van der Waals surface area (Å²) in [5, 5.41) is 11.2. The zero-order chi connectivity index (χ0) is 11.4. The number of nitrogens with zero attached hydrogens (tertiary/aromatic N) is 4. The van der Waals surface area contributed by atoms with Gasteiger partial charge in [-0.15, -0.1) is 9.19 Å². The molecule has 2 rings (SSSR count). The van der Waals surface area contributed by atoms with Crippen LogP contribution in [0.4, 0.5) is 0 Å². The minimum absolute atomic E-state index is 0.153. The molecule has 1 aromatic heterocycles. The van der Waals surface area contributed by atoms with Gasteiger partial charge in [0.25, 0.3) is 0 Å². The van der Waals surface area contributed by atoms with Crippen molar-refractivity contribution in [3.63, 3.8) is 0 Å². The summed E-state index contributed by atoms with van der Waals surface area (Å²) in [6, 6.07) is 9.51. The van der Waals surface area contributed by atoms with Crippen molar-refractivity contribution in [2.24, 2.45) is 0 Å². The molecule has 0 bridgehead atoms. The van der Waals surface area contributed by atoms with E-state index in [1.54, 1.807) is 0 Å². The Morgan fingerprint density at radius 2 is 2.12 bits per heavy atom. The molecular formula is C9H9N5OS. The third kappa shape index (κ3) is 2.37. The van der Waals surface area contributed by atoms with E-state index in [9.17, 15) is 4.79 Å². The normalized spacial score (nSPS) is 10.1. The highest BCUT2D eigenvalue weighted by Gasteiger charge is 2.09. The zero-order valence-electron chi connectivity index (χ0n) is 8.49. The van der Waals surface area contributed by atoms with E-state index in [0.29, 0.717) is 5.82 Å². The minimum Gasteiger partial charge on any atom is -0.281 e. The Balaban J connectivity index is 2.23. The molecule has 2 aromatic rings. The van der Waals surface area contributed by atoms with Crippen molar-refractivity contribution >= 4 is 18.0 Å². The predicted molar refractivity (Wildman–Crippen MR) is 60.1 cm³/mol. The van der Waals surface area contributed by atoms with Crippen LogP contribution in [0.3, 0.4) is 0 Å². The van der Waals surface area contributed by atoms with Crippen LogP contribution in [0.5, 0.6) is 0 Å². The number of benzene rings is 1. The Bertz CT molecular complexity index is 484. The van der Waals surface area contributed by atoms with Crippen LogP contribution in [0.1, 0.15) is 6.92 Å². The monoisotopic (exact) mass is 235 g/mol. The third-order valence-corrected chi connectivity index (χ3v) is 2.55. The molecule has 0 saturated carbocycles. The second kappa shape index (κ2) is 4.75. The molecule has 82 valence electrons. The summed E-state index contributed by atoms with van der Waals surface area (Å²) in [5.41, 5.74) is 0.894. The fourth-order valence-corrected chi connectivity index (χ4v) is 1.62. The third-order valence-electron chi connectivity index (χ3n) is 1.75. The number of hydrogen-bond donors (Lipinski definition) is 1. The molecule has 1 N–H and O–H groups in total. The molecule has 0 unspecified atom stereocenters. The summed E-state index contributed by atoms with van der Waals surface area (Å²) in [5.74, 6) is 0.443. The molecule has 0 fully saturated rings. The maximum atomic E-state index is 10.8. The molecule has 0 atom stereocenters. The lowest BCUT2D eigenvalue weighted by atomic mass is 10.2. The van der Waals surface area contributed by atoms with E-state index in [0.717, 1.165) is 17.7 Å². The molecule has 0 saturated heterocycles. The molecule has 0 aliphatic heterocycles. The number of carbonyl (C=O) groups is 1. The molecule has 0 aliphatic rings. The summed E-state index contributed by atoms with van der Waals surface area (Å²) in [7, 11) is 0. The summed E-state index contributed by atoms with van der Waals surface area (Å²) in [6.45, 7) is 1.43. The lowest BCUT2D eigenvalue weighted by molar-refractivity contribution is -0.117. The molecule has 0 spiro atoms. The lowest BCUT2D eigenvalue weighted by Crippen LogP contribution is -2.14. The second-order valence-corrected chi connectivity index (χ2v) is 3.72. The van der Waals surface area contributed by atoms with Gasteiger partial charge in [-0.05, 0) is 10.4 Å². The van der Waals surface area contributed by atoms with Crippen molar-refractivity contribution in [3.8, 4) is 11.4 Å². The van der Waals surface area contributed by atoms with E-state index in [4.69, 9.17) is 0 Å². The van der Waals surface area contributed by atoms with Crippen LogP contribution in [0.15, 0.2) is 30.3 Å². The van der Waals surface area contributed by atoms with E-state index in [1.165, 1.54) is 11.0 Å². The molecule has 16 heavy (non-hydrogen) atoms. The van der Waals surface area contributed by atoms with Gasteiger partial charge in [0.1, 0.15) is 0 Å². The quantitative estimate of drug-likeness (QED) is 0.800. The Morgan fingerprint density at radius 1 is 1.38 bits per heavy atom. The Hall–Kier alpha value is -1.89. The summed E-state index contributed by atoms with van der Waals surface area (Å²) < 4.78 is 4.01. The van der Waals surface area contributed by atoms with Crippen molar-refractivity contribution in [3.05, 3.63) is 30.3 Å². The van der Waals surface area contributed by atoms with Gasteiger partial charge in [0.2, 0.25) is 5.91 Å². The van der Waals surface area contributed by atoms with Crippen LogP contribution >= 0.6 is 12.1 Å². The van der Waals surface area contributed by atoms with E-state index in [2.05, 4.69) is 20.2 Å². The van der Waals surface area contributed by atoms with Crippen molar-refractivity contribution in [1.82, 2.24) is 24.3 Å². The van der Waals surface area contributed by atoms with Gasteiger partial charge in [0.15, 0.2) is 5.82 Å². The van der Waals surface area contributed by atoms with Gasteiger partial charge in [0.05, 0.1) is 12.1 Å². The van der Waals surface area contributed by atoms with Gasteiger partial charge in [-0.2, -0.15) is 0 Å². The van der Waals surface area contributed by atoms with Crippen LogP contribution in [0.2, 0.25) is 0 Å². The largest absolute Gasteiger partial charge is 0.281 e. The van der Waals surface area contributed by atoms with Gasteiger partial charge in [-0.1, -0.05) is 30.3 Å². The smallest absolute Gasteiger partial charge is 0.228 e. The number of tetrazole rings is 1. The van der Waals surface area contributed by atoms with E-state index >= 15 is 0 Å². The van der Waals surface area contributed by atoms with Gasteiger partial charge in [-0.3, -0.25) is 9.52 Å². The Morgan fingerprint density at radius 3 is 2.81 bits per heavy atom. The second-order valence-electron chi connectivity index (χ2n) is 2.99. The fourth-order valence-electron chi connectivity index (χ4n) is 1.10. The van der Waals surface area contributed by atoms with Crippen LogP contribution in [0.25, 0.3) is 11.4 Å². The highest BCUT2D eigenvalue weighted by Crippen LogP contribution is 2.17. The number of carbonyl (C=O) groups excluding carboxylic acids is 1. The van der Waals surface area contributed by atoms with Crippen molar-refractivity contribution in [2.75, 3.05) is 0 Å². The number of rotatable bonds is 3. The maximum Gasteiger partial charge on any atom is 0.228 e. The number of nitrogens with one attached hydrogen (secondary N) is 1. The molecule has 6 nitrogen and oxygen atoms in total. The molecule has 7 heteroatoms. The fraction of sp³-hybridized carbons (Fsp3) is 0.111. The molecule has 1 aromatic carbocycles. The molecule has 1 amide bonds. The van der Waals surface area contributed by atoms with Crippen LogP contribution in [-0.2, 0) is 4.79 Å². The van der Waals surface area contributed by atoms with Gasteiger partial charge in [-0.25, -0.2) is 0 Å². The zero-order valence-corrected chi connectivity index (χ0v) is 9.31. The molecule has 1 heterocycles. The Labute approximate surface area is 96.3 Å². The van der Waals surface area contributed by atoms with Gasteiger partial charge < -0.3 is 0 Å². The van der Waals surface area contributed by atoms with Crippen molar-refractivity contribution in [2.45, 2.75) is 6.92 Å². The summed E-state index contributed by atoms with van der Waals surface area (Å²) in [4.78, 5) is 10.8. The molecule has 0 aliphatic carbocycles. The first kappa shape index (κ1) is 10.6. The Kier molecular flexibility index (Phi) is 3.16. The number of aromatic nitrogens is 4. The average Bonchev–Trinajstić information content (AvgIpc) is 2.75. The summed E-state index contributed by atoms with van der Waals surface area (Å²) >= 11 is 1.04. The highest BCUT2D eigenvalue weighted by molar-refractivity contribution is 7.96. The first-order valence-corrected chi connectivity index (χ1v) is 5.32. The van der Waals surface area contributed by atoms with Crippen LogP contribution in [0, 0.1) is 0 Å². The lowest BCUT2D eigenvalue weighted by Gasteiger charge is -2.02. The van der Waals surface area contributed by atoms with Crippen molar-refractivity contribution in [1.29, 1.82) is 0 Å². The first-order valence-electron chi connectivity index (χ1n) is 4.55. The first-order chi connectivity index (χ1) is 7.77. The highest BCUT2D eigenvalue weighted by atomic mass is 32.2. The van der Waals surface area contributed by atoms with Gasteiger partial charge in [0, 0.05) is 12.5 Å². The standard InChI is InChI=1S/C9H9N5OS/c1-7(15)11-16-14-9(10-12-13-14)8-5-3-2-4-6-8/h2-6H,1H3,(H,11,15). The van der Waals surface area contributed by atoms with E-state index < -0.39 is 0 Å². The van der Waals surface area contributed by atoms with E-state index in [-0.39, 0.29) is 5.91 Å². The van der Waals surface area contributed by atoms with Crippen LogP contribution in [-0.4, -0.2) is 25.5 Å². The van der Waals surface area contributed by atoms with E-state index in [1.807, 2.05) is 30.3 Å². The minimum atomic E-state index is -0.153. The summed E-state index contributed by atoms with van der Waals surface area (Å²) in [6.07, 6.45) is 0. The topological polar surface area (TPSA) is 72.7 Å². The number of hydrogen-bond acceptors (Lipinski definition) is 5. The predicted octanol–water partition coefficient (Wildman–Crippen LogP) is 0.888. The van der Waals surface area contributed by atoms with Crippen LogP contribution < -0.4 is 4.72 Å². The van der Waals surface area contributed by atoms with Gasteiger partial charge >= 0.3 is 0 Å².